The van der Waals surface area contributed by atoms with Gasteiger partial charge in [0.25, 0.3) is 0 Å². The number of hydrogen-bond donors (Lipinski definition) is 0. The van der Waals surface area contributed by atoms with E-state index in [2.05, 4.69) is 29.9 Å². The highest BCUT2D eigenvalue weighted by molar-refractivity contribution is 5.78. The lowest BCUT2D eigenvalue weighted by atomic mass is 9.82. The monoisotopic (exact) mass is 428 g/mol. The number of halogens is 4. The van der Waals surface area contributed by atoms with Crippen LogP contribution in [0.4, 0.5) is 17.6 Å². The average molecular weight is 428 g/mol. The maximum Gasteiger partial charge on any atom is 0.573 e. The van der Waals surface area contributed by atoms with Crippen molar-refractivity contribution in [2.24, 2.45) is 0 Å². The Morgan fingerprint density at radius 2 is 1.55 bits per heavy atom. The first-order valence-corrected chi connectivity index (χ1v) is 10.7. The minimum absolute atomic E-state index is 0.306. The molecular weight excluding hydrogens is 404 g/mol. The van der Waals surface area contributed by atoms with Gasteiger partial charge in [-0.2, -0.15) is 0 Å². The highest BCUT2D eigenvalue weighted by atomic mass is 19.4. The summed E-state index contributed by atoms with van der Waals surface area (Å²) in [5, 5.41) is 0. The second-order valence-electron chi connectivity index (χ2n) is 7.97. The van der Waals surface area contributed by atoms with E-state index in [-0.39, 0.29) is 11.6 Å². The number of aryl methyl sites for hydroxylation is 2. The molecule has 0 bridgehead atoms. The van der Waals surface area contributed by atoms with Gasteiger partial charge in [-0.25, -0.2) is 4.39 Å². The van der Waals surface area contributed by atoms with Crippen LogP contribution >= 0.6 is 0 Å². The maximum atomic E-state index is 15.4. The normalized spacial score (nSPS) is 12.9. The van der Waals surface area contributed by atoms with Gasteiger partial charge in [-0.05, 0) is 71.2 Å². The van der Waals surface area contributed by atoms with Gasteiger partial charge in [0.2, 0.25) is 0 Å². The van der Waals surface area contributed by atoms with Crippen LogP contribution in [-0.2, 0) is 19.3 Å². The molecule has 0 fully saturated rings. The number of ether oxygens (including phenoxy) is 1. The predicted octanol–water partition coefficient (Wildman–Crippen LogP) is 7.89. The molecule has 3 aromatic rings. The second kappa shape index (κ2) is 8.74. The molecule has 1 nitrogen and oxygen atoms in total. The summed E-state index contributed by atoms with van der Waals surface area (Å²) in [6.45, 7) is 2.19. The SMILES string of the molecule is CCCCCc1ccc2c(c1)CCc1c-2ccc(-c2ccc(OC(F)(F)F)cc2)c1F. The van der Waals surface area contributed by atoms with E-state index in [1.807, 2.05) is 6.07 Å². The van der Waals surface area contributed by atoms with Crippen LogP contribution in [0.2, 0.25) is 0 Å². The lowest BCUT2D eigenvalue weighted by molar-refractivity contribution is -0.274. The largest absolute Gasteiger partial charge is 0.573 e. The standard InChI is InChI=1S/C26H24F4O/c1-2-3-4-5-17-6-12-21-19(16-17)9-13-24-23(21)15-14-22(25(24)27)18-7-10-20(11-8-18)31-26(28,29)30/h6-8,10-12,14-16H,2-5,9,13H2,1H3. The van der Waals surface area contributed by atoms with Crippen molar-refractivity contribution in [3.8, 4) is 28.0 Å². The molecule has 0 radical (unpaired) electrons. The fourth-order valence-corrected chi connectivity index (χ4v) is 4.29. The Morgan fingerprint density at radius 1 is 0.839 bits per heavy atom. The molecule has 0 saturated heterocycles. The van der Waals surface area contributed by atoms with Crippen LogP contribution in [0.1, 0.15) is 42.9 Å². The number of unbranched alkanes of at least 4 members (excludes halogenated alkanes) is 2. The molecule has 0 amide bonds. The molecule has 0 atom stereocenters. The summed E-state index contributed by atoms with van der Waals surface area (Å²) in [6, 6.07) is 15.4. The number of hydrogen-bond acceptors (Lipinski definition) is 1. The number of fused-ring (bicyclic) bond motifs is 3. The third kappa shape index (κ3) is 4.76. The van der Waals surface area contributed by atoms with E-state index in [0.717, 1.165) is 24.0 Å². The van der Waals surface area contributed by atoms with E-state index in [9.17, 15) is 13.2 Å². The van der Waals surface area contributed by atoms with Crippen molar-refractivity contribution >= 4 is 0 Å². The molecule has 0 N–H and O–H groups in total. The maximum absolute atomic E-state index is 15.4. The number of alkyl halides is 3. The molecule has 0 saturated carbocycles. The van der Waals surface area contributed by atoms with Crippen LogP contribution in [0, 0.1) is 5.82 Å². The Kier molecular flexibility index (Phi) is 6.03. The van der Waals surface area contributed by atoms with Gasteiger partial charge in [-0.1, -0.05) is 62.2 Å². The summed E-state index contributed by atoms with van der Waals surface area (Å²) in [6.07, 6.45) is 1.29. The Morgan fingerprint density at radius 3 is 2.26 bits per heavy atom. The summed E-state index contributed by atoms with van der Waals surface area (Å²) >= 11 is 0. The fraction of sp³-hybridized carbons (Fsp3) is 0.308. The lowest BCUT2D eigenvalue weighted by Crippen LogP contribution is -2.16. The van der Waals surface area contributed by atoms with Crippen molar-refractivity contribution in [2.75, 3.05) is 0 Å². The van der Waals surface area contributed by atoms with E-state index in [0.29, 0.717) is 23.1 Å². The molecule has 162 valence electrons. The lowest BCUT2D eigenvalue weighted by Gasteiger charge is -2.22. The van der Waals surface area contributed by atoms with Gasteiger partial charge in [0.1, 0.15) is 11.6 Å². The zero-order valence-corrected chi connectivity index (χ0v) is 17.4. The molecule has 0 aromatic heterocycles. The van der Waals surface area contributed by atoms with Crippen LogP contribution < -0.4 is 4.74 Å². The number of benzene rings is 3. The van der Waals surface area contributed by atoms with Crippen molar-refractivity contribution in [2.45, 2.75) is 51.8 Å². The van der Waals surface area contributed by atoms with Crippen LogP contribution in [0.5, 0.6) is 5.75 Å². The zero-order valence-electron chi connectivity index (χ0n) is 17.4. The molecule has 5 heteroatoms. The first kappa shape index (κ1) is 21.4. The van der Waals surface area contributed by atoms with E-state index >= 15 is 4.39 Å². The molecule has 0 aliphatic heterocycles. The fourth-order valence-electron chi connectivity index (χ4n) is 4.29. The Labute approximate surface area is 179 Å². The topological polar surface area (TPSA) is 9.23 Å². The summed E-state index contributed by atoms with van der Waals surface area (Å²) in [7, 11) is 0. The summed E-state index contributed by atoms with van der Waals surface area (Å²) in [5.74, 6) is -0.627. The Bertz CT molecular complexity index is 1070. The van der Waals surface area contributed by atoms with Crippen LogP contribution in [0.15, 0.2) is 54.6 Å². The molecule has 0 unspecified atom stereocenters. The van der Waals surface area contributed by atoms with Gasteiger partial charge in [0.05, 0.1) is 0 Å². The van der Waals surface area contributed by atoms with Crippen molar-refractivity contribution in [1.29, 1.82) is 0 Å². The van der Waals surface area contributed by atoms with Gasteiger partial charge in [0.15, 0.2) is 0 Å². The molecule has 0 spiro atoms. The second-order valence-corrected chi connectivity index (χ2v) is 7.97. The van der Waals surface area contributed by atoms with Crippen molar-refractivity contribution in [1.82, 2.24) is 0 Å². The molecule has 31 heavy (non-hydrogen) atoms. The van der Waals surface area contributed by atoms with Crippen LogP contribution in [0.25, 0.3) is 22.3 Å². The summed E-state index contributed by atoms with van der Waals surface area (Å²) in [4.78, 5) is 0. The van der Waals surface area contributed by atoms with E-state index in [4.69, 9.17) is 0 Å². The van der Waals surface area contributed by atoms with Gasteiger partial charge in [-0.15, -0.1) is 13.2 Å². The van der Waals surface area contributed by atoms with Crippen LogP contribution in [-0.4, -0.2) is 6.36 Å². The van der Waals surface area contributed by atoms with Crippen molar-refractivity contribution < 1.29 is 22.3 Å². The van der Waals surface area contributed by atoms with Crippen LogP contribution in [0.3, 0.4) is 0 Å². The highest BCUT2D eigenvalue weighted by Gasteiger charge is 2.31. The van der Waals surface area contributed by atoms with Gasteiger partial charge in [-0.3, -0.25) is 0 Å². The van der Waals surface area contributed by atoms with E-state index in [1.54, 1.807) is 6.07 Å². The minimum atomic E-state index is -4.75. The summed E-state index contributed by atoms with van der Waals surface area (Å²) < 4.78 is 56.4. The first-order chi connectivity index (χ1) is 14.9. The van der Waals surface area contributed by atoms with Crippen molar-refractivity contribution in [3.05, 3.63) is 77.1 Å². The Balaban J connectivity index is 1.61. The zero-order chi connectivity index (χ0) is 22.0. The van der Waals surface area contributed by atoms with E-state index in [1.165, 1.54) is 54.7 Å². The minimum Gasteiger partial charge on any atom is -0.406 e. The number of rotatable bonds is 6. The molecule has 4 rings (SSSR count). The molecular formula is C26H24F4O. The third-order valence-electron chi connectivity index (χ3n) is 5.82. The van der Waals surface area contributed by atoms with Crippen molar-refractivity contribution in [3.63, 3.8) is 0 Å². The van der Waals surface area contributed by atoms with Gasteiger partial charge >= 0.3 is 6.36 Å². The Hall–Kier alpha value is -2.82. The van der Waals surface area contributed by atoms with Gasteiger partial charge < -0.3 is 4.74 Å². The third-order valence-corrected chi connectivity index (χ3v) is 5.82. The van der Waals surface area contributed by atoms with E-state index < -0.39 is 6.36 Å². The molecule has 1 aliphatic carbocycles. The molecule has 0 heterocycles. The van der Waals surface area contributed by atoms with Gasteiger partial charge in [0, 0.05) is 5.56 Å². The first-order valence-electron chi connectivity index (χ1n) is 10.7. The smallest absolute Gasteiger partial charge is 0.406 e. The summed E-state index contributed by atoms with van der Waals surface area (Å²) in [5.41, 5.74) is 6.12. The molecule has 1 aliphatic rings. The molecule has 3 aromatic carbocycles. The highest BCUT2D eigenvalue weighted by Crippen LogP contribution is 2.39. The average Bonchev–Trinajstić information content (AvgIpc) is 2.73. The predicted molar refractivity (Wildman–Crippen MR) is 115 cm³/mol. The quantitative estimate of drug-likeness (QED) is 0.286.